The summed E-state index contributed by atoms with van der Waals surface area (Å²) in [5.41, 5.74) is 0. The standard InChI is InChI=1S/C20H36O2/c1-3-5-6-7-16-8-10-17(11-9-16)18-12-14-19(15-13-18)20(21)22-4-2/h16-19H,3-15H2,1-2H3/t16-,17-,18-,19-. The maximum absolute atomic E-state index is 11.8. The summed E-state index contributed by atoms with van der Waals surface area (Å²) in [7, 11) is 0. The van der Waals surface area contributed by atoms with E-state index < -0.39 is 0 Å². The van der Waals surface area contributed by atoms with Crippen LogP contribution < -0.4 is 0 Å². The number of hydrogen-bond acceptors (Lipinski definition) is 2. The van der Waals surface area contributed by atoms with Gasteiger partial charge < -0.3 is 4.74 Å². The molecule has 0 aliphatic heterocycles. The minimum atomic E-state index is 0.0561. The summed E-state index contributed by atoms with van der Waals surface area (Å²) in [5.74, 6) is 3.11. The Hall–Kier alpha value is -0.530. The highest BCUT2D eigenvalue weighted by Crippen LogP contribution is 2.42. The third kappa shape index (κ3) is 5.28. The lowest BCUT2D eigenvalue weighted by atomic mass is 9.68. The molecule has 0 aromatic heterocycles. The van der Waals surface area contributed by atoms with Gasteiger partial charge in [-0.25, -0.2) is 0 Å². The highest BCUT2D eigenvalue weighted by atomic mass is 16.5. The number of rotatable bonds is 7. The van der Waals surface area contributed by atoms with Crippen molar-refractivity contribution in [2.75, 3.05) is 6.61 Å². The van der Waals surface area contributed by atoms with E-state index in [1.807, 2.05) is 6.92 Å². The van der Waals surface area contributed by atoms with Gasteiger partial charge in [-0.2, -0.15) is 0 Å². The molecule has 0 aromatic rings. The summed E-state index contributed by atoms with van der Waals surface area (Å²) >= 11 is 0. The van der Waals surface area contributed by atoms with Crippen LogP contribution in [0.5, 0.6) is 0 Å². The molecule has 0 aromatic carbocycles. The maximum Gasteiger partial charge on any atom is 0.308 e. The van der Waals surface area contributed by atoms with Crippen molar-refractivity contribution >= 4 is 5.97 Å². The van der Waals surface area contributed by atoms with Crippen molar-refractivity contribution in [3.8, 4) is 0 Å². The molecule has 0 atom stereocenters. The lowest BCUT2D eigenvalue weighted by Crippen LogP contribution is -2.29. The van der Waals surface area contributed by atoms with Crippen LogP contribution in [0, 0.1) is 23.7 Å². The lowest BCUT2D eigenvalue weighted by molar-refractivity contribution is -0.149. The molecule has 0 amide bonds. The Kier molecular flexibility index (Phi) is 7.75. The zero-order valence-corrected chi connectivity index (χ0v) is 14.8. The molecule has 0 spiro atoms. The number of carbonyl (C=O) groups is 1. The first-order valence-corrected chi connectivity index (χ1v) is 9.91. The molecule has 2 fully saturated rings. The fraction of sp³-hybridized carbons (Fsp3) is 0.950. The summed E-state index contributed by atoms with van der Waals surface area (Å²) in [6, 6.07) is 0. The Balaban J connectivity index is 1.65. The third-order valence-corrected chi connectivity index (χ3v) is 6.17. The summed E-state index contributed by atoms with van der Waals surface area (Å²) in [6.07, 6.45) is 16.2. The molecule has 2 heteroatoms. The van der Waals surface area contributed by atoms with Gasteiger partial charge in [-0.05, 0) is 63.2 Å². The zero-order chi connectivity index (χ0) is 15.8. The van der Waals surface area contributed by atoms with E-state index in [-0.39, 0.29) is 11.9 Å². The molecule has 2 rings (SSSR count). The topological polar surface area (TPSA) is 26.3 Å². The van der Waals surface area contributed by atoms with E-state index >= 15 is 0 Å². The number of unbranched alkanes of at least 4 members (excludes halogenated alkanes) is 2. The molecule has 2 aliphatic rings. The SMILES string of the molecule is CCCCC[C@H]1CC[C@H]([C@H]2CC[C@H](C(=O)OCC)CC2)CC1. The van der Waals surface area contributed by atoms with Gasteiger partial charge in [0.25, 0.3) is 0 Å². The minimum Gasteiger partial charge on any atom is -0.466 e. The van der Waals surface area contributed by atoms with E-state index in [1.54, 1.807) is 0 Å². The monoisotopic (exact) mass is 308 g/mol. The van der Waals surface area contributed by atoms with Crippen LogP contribution >= 0.6 is 0 Å². The van der Waals surface area contributed by atoms with Crippen LogP contribution in [0.2, 0.25) is 0 Å². The molecule has 0 unspecified atom stereocenters. The lowest BCUT2D eigenvalue weighted by Gasteiger charge is -2.37. The minimum absolute atomic E-state index is 0.0561. The van der Waals surface area contributed by atoms with Gasteiger partial charge in [0.05, 0.1) is 12.5 Å². The second-order valence-corrected chi connectivity index (χ2v) is 7.64. The third-order valence-electron chi connectivity index (χ3n) is 6.17. The summed E-state index contributed by atoms with van der Waals surface area (Å²) in [4.78, 5) is 11.8. The fourth-order valence-electron chi connectivity index (χ4n) is 4.72. The van der Waals surface area contributed by atoms with Gasteiger partial charge in [0, 0.05) is 0 Å². The molecule has 0 heterocycles. The van der Waals surface area contributed by atoms with Crippen LogP contribution in [-0.4, -0.2) is 12.6 Å². The van der Waals surface area contributed by atoms with E-state index in [0.29, 0.717) is 6.61 Å². The maximum atomic E-state index is 11.8. The predicted octanol–water partition coefficient (Wildman–Crippen LogP) is 5.74. The molecule has 0 N–H and O–H groups in total. The predicted molar refractivity (Wildman–Crippen MR) is 91.7 cm³/mol. The van der Waals surface area contributed by atoms with Crippen molar-refractivity contribution in [2.24, 2.45) is 23.7 Å². The van der Waals surface area contributed by atoms with Gasteiger partial charge in [0.2, 0.25) is 0 Å². The Morgan fingerprint density at radius 1 is 0.864 bits per heavy atom. The van der Waals surface area contributed by atoms with Crippen molar-refractivity contribution in [3.05, 3.63) is 0 Å². The molecule has 2 nitrogen and oxygen atoms in total. The molecular formula is C20H36O2. The fourth-order valence-corrected chi connectivity index (χ4v) is 4.72. The van der Waals surface area contributed by atoms with E-state index in [0.717, 1.165) is 30.6 Å². The number of hydrogen-bond donors (Lipinski definition) is 0. The average Bonchev–Trinajstić information content (AvgIpc) is 2.56. The van der Waals surface area contributed by atoms with Crippen LogP contribution in [0.4, 0.5) is 0 Å². The van der Waals surface area contributed by atoms with E-state index in [9.17, 15) is 4.79 Å². The van der Waals surface area contributed by atoms with Crippen molar-refractivity contribution in [2.45, 2.75) is 90.9 Å². The second-order valence-electron chi connectivity index (χ2n) is 7.64. The Morgan fingerprint density at radius 3 is 2.00 bits per heavy atom. The molecule has 0 radical (unpaired) electrons. The molecule has 0 bridgehead atoms. The summed E-state index contributed by atoms with van der Waals surface area (Å²) in [5, 5.41) is 0. The Labute approximate surface area is 137 Å². The first-order valence-electron chi connectivity index (χ1n) is 9.91. The van der Waals surface area contributed by atoms with Crippen LogP contribution in [0.15, 0.2) is 0 Å². The van der Waals surface area contributed by atoms with Crippen LogP contribution in [0.1, 0.15) is 90.9 Å². The average molecular weight is 309 g/mol. The van der Waals surface area contributed by atoms with Crippen molar-refractivity contribution in [1.82, 2.24) is 0 Å². The van der Waals surface area contributed by atoms with Gasteiger partial charge in [0.1, 0.15) is 0 Å². The molecule has 2 saturated carbocycles. The van der Waals surface area contributed by atoms with Gasteiger partial charge >= 0.3 is 5.97 Å². The van der Waals surface area contributed by atoms with E-state index in [4.69, 9.17) is 4.74 Å². The van der Waals surface area contributed by atoms with Crippen LogP contribution in [0.25, 0.3) is 0 Å². The molecule has 22 heavy (non-hydrogen) atoms. The zero-order valence-electron chi connectivity index (χ0n) is 14.8. The van der Waals surface area contributed by atoms with Gasteiger partial charge in [-0.15, -0.1) is 0 Å². The Morgan fingerprint density at radius 2 is 1.45 bits per heavy atom. The smallest absolute Gasteiger partial charge is 0.308 e. The van der Waals surface area contributed by atoms with Gasteiger partial charge in [0.15, 0.2) is 0 Å². The van der Waals surface area contributed by atoms with Crippen molar-refractivity contribution < 1.29 is 9.53 Å². The summed E-state index contributed by atoms with van der Waals surface area (Å²) < 4.78 is 5.18. The number of carbonyl (C=O) groups excluding carboxylic acids is 1. The molecule has 2 aliphatic carbocycles. The highest BCUT2D eigenvalue weighted by Gasteiger charge is 2.33. The number of ether oxygens (including phenoxy) is 1. The first kappa shape index (κ1) is 17.8. The van der Waals surface area contributed by atoms with Gasteiger partial charge in [-0.1, -0.05) is 45.4 Å². The van der Waals surface area contributed by atoms with E-state index in [1.165, 1.54) is 64.2 Å². The quantitative estimate of drug-likeness (QED) is 0.442. The highest BCUT2D eigenvalue weighted by molar-refractivity contribution is 5.72. The van der Waals surface area contributed by atoms with Crippen molar-refractivity contribution in [1.29, 1.82) is 0 Å². The normalized spacial score (nSPS) is 32.6. The Bertz CT molecular complexity index is 310. The van der Waals surface area contributed by atoms with E-state index in [2.05, 4.69) is 6.92 Å². The second kappa shape index (κ2) is 9.57. The molecule has 0 saturated heterocycles. The van der Waals surface area contributed by atoms with Crippen LogP contribution in [-0.2, 0) is 9.53 Å². The summed E-state index contributed by atoms with van der Waals surface area (Å²) in [6.45, 7) is 4.73. The van der Waals surface area contributed by atoms with Crippen LogP contribution in [0.3, 0.4) is 0 Å². The number of esters is 1. The van der Waals surface area contributed by atoms with Crippen molar-refractivity contribution in [3.63, 3.8) is 0 Å². The van der Waals surface area contributed by atoms with Gasteiger partial charge in [-0.3, -0.25) is 4.79 Å². The largest absolute Gasteiger partial charge is 0.466 e. The molecule has 128 valence electrons. The first-order chi connectivity index (χ1) is 10.7. The molecular weight excluding hydrogens is 272 g/mol.